The minimum Gasteiger partial charge on any atom is -0.383 e. The number of hydrogen-bond acceptors (Lipinski definition) is 4. The minimum absolute atomic E-state index is 0. The van der Waals surface area contributed by atoms with E-state index in [1.54, 1.807) is 11.7 Å². The monoisotopic (exact) mass is 242 g/mol. The lowest BCUT2D eigenvalue weighted by atomic mass is 10.8. The van der Waals surface area contributed by atoms with E-state index in [0.29, 0.717) is 5.82 Å². The van der Waals surface area contributed by atoms with Gasteiger partial charge in [-0.05, 0) is 6.92 Å². The first kappa shape index (κ1) is 15.0. The van der Waals surface area contributed by atoms with Crippen LogP contribution in [0.4, 0.5) is 10.9 Å². The smallest absolute Gasteiger partial charge is 0.189 e. The minimum atomic E-state index is 0. The van der Waals surface area contributed by atoms with E-state index in [2.05, 4.69) is 15.3 Å². The maximum Gasteiger partial charge on any atom is 0.189 e. The SMILES string of the molecule is CCN=CNc1nc(N)cs1.Cl.Cl. The Bertz CT molecular complexity index is 251. The molecule has 0 radical (unpaired) electrons. The van der Waals surface area contributed by atoms with Crippen LogP contribution < -0.4 is 11.1 Å². The summed E-state index contributed by atoms with van der Waals surface area (Å²) in [7, 11) is 0. The van der Waals surface area contributed by atoms with Crippen molar-refractivity contribution in [3.8, 4) is 0 Å². The molecule has 0 atom stereocenters. The summed E-state index contributed by atoms with van der Waals surface area (Å²) in [6, 6.07) is 0. The average Bonchev–Trinajstić information content (AvgIpc) is 2.37. The Labute approximate surface area is 93.5 Å². The first-order chi connectivity index (χ1) is 5.33. The fourth-order valence-corrected chi connectivity index (χ4v) is 1.11. The number of thiazole rings is 1. The molecule has 1 aromatic heterocycles. The van der Waals surface area contributed by atoms with Crippen molar-refractivity contribution < 1.29 is 0 Å². The topological polar surface area (TPSA) is 63.3 Å². The molecule has 76 valence electrons. The molecule has 0 spiro atoms. The number of nitrogen functional groups attached to an aromatic ring is 1. The zero-order valence-corrected chi connectivity index (χ0v) is 9.51. The largest absolute Gasteiger partial charge is 0.383 e. The second kappa shape index (κ2) is 8.10. The average molecular weight is 243 g/mol. The van der Waals surface area contributed by atoms with E-state index >= 15 is 0 Å². The summed E-state index contributed by atoms with van der Waals surface area (Å²) >= 11 is 1.46. The second-order valence-electron chi connectivity index (χ2n) is 1.85. The predicted molar refractivity (Wildman–Crippen MR) is 63.7 cm³/mol. The Morgan fingerprint density at radius 1 is 1.69 bits per heavy atom. The van der Waals surface area contributed by atoms with Gasteiger partial charge in [-0.3, -0.25) is 4.99 Å². The summed E-state index contributed by atoms with van der Waals surface area (Å²) in [5, 5.41) is 5.46. The fourth-order valence-electron chi connectivity index (χ4n) is 0.545. The molecule has 0 aliphatic carbocycles. The van der Waals surface area contributed by atoms with Crippen LogP contribution in [-0.4, -0.2) is 17.9 Å². The van der Waals surface area contributed by atoms with Crippen LogP contribution in [0.15, 0.2) is 10.4 Å². The highest BCUT2D eigenvalue weighted by Crippen LogP contribution is 2.14. The highest BCUT2D eigenvalue weighted by atomic mass is 35.5. The number of hydrogen-bond donors (Lipinski definition) is 2. The van der Waals surface area contributed by atoms with Crippen molar-refractivity contribution >= 4 is 53.4 Å². The van der Waals surface area contributed by atoms with E-state index in [4.69, 9.17) is 5.73 Å². The molecular formula is C6H12Cl2N4S. The number of anilines is 2. The molecular weight excluding hydrogens is 231 g/mol. The van der Waals surface area contributed by atoms with Crippen molar-refractivity contribution in [1.82, 2.24) is 4.98 Å². The molecule has 0 saturated heterocycles. The van der Waals surface area contributed by atoms with E-state index in [1.807, 2.05) is 6.92 Å². The second-order valence-corrected chi connectivity index (χ2v) is 2.71. The Morgan fingerprint density at radius 3 is 2.85 bits per heavy atom. The van der Waals surface area contributed by atoms with Crippen LogP contribution in [0.2, 0.25) is 0 Å². The van der Waals surface area contributed by atoms with Gasteiger partial charge in [-0.25, -0.2) is 4.98 Å². The van der Waals surface area contributed by atoms with Crippen molar-refractivity contribution in [2.75, 3.05) is 17.6 Å². The zero-order chi connectivity index (χ0) is 8.10. The van der Waals surface area contributed by atoms with Crippen molar-refractivity contribution in [2.24, 2.45) is 4.99 Å². The molecule has 0 unspecified atom stereocenters. The summed E-state index contributed by atoms with van der Waals surface area (Å²) in [6.45, 7) is 2.74. The summed E-state index contributed by atoms with van der Waals surface area (Å²) in [5.74, 6) is 0.544. The third-order valence-corrected chi connectivity index (χ3v) is 1.78. The van der Waals surface area contributed by atoms with Crippen LogP contribution in [0.5, 0.6) is 0 Å². The van der Waals surface area contributed by atoms with E-state index in [1.165, 1.54) is 11.3 Å². The molecule has 0 aliphatic rings. The van der Waals surface area contributed by atoms with Gasteiger partial charge in [-0.1, -0.05) is 0 Å². The van der Waals surface area contributed by atoms with Gasteiger partial charge in [0.1, 0.15) is 5.82 Å². The molecule has 3 N–H and O–H groups in total. The van der Waals surface area contributed by atoms with Gasteiger partial charge in [0.15, 0.2) is 5.13 Å². The van der Waals surface area contributed by atoms with Gasteiger partial charge in [0.05, 0.1) is 6.34 Å². The van der Waals surface area contributed by atoms with Crippen LogP contribution in [0.1, 0.15) is 6.92 Å². The Hall–Kier alpha value is -0.520. The standard InChI is InChI=1S/C6H10N4S.2ClH/c1-2-8-4-9-6-10-5(7)3-11-6;;/h3-4H,2,7H2,1H3,(H,8,9,10);2*1H. The van der Waals surface area contributed by atoms with Gasteiger partial charge in [-0.15, -0.1) is 36.2 Å². The number of halogens is 2. The van der Waals surface area contributed by atoms with E-state index in [0.717, 1.165) is 11.7 Å². The van der Waals surface area contributed by atoms with Crippen LogP contribution in [0.3, 0.4) is 0 Å². The summed E-state index contributed by atoms with van der Waals surface area (Å²) in [4.78, 5) is 7.94. The Morgan fingerprint density at radius 2 is 2.38 bits per heavy atom. The molecule has 1 heterocycles. The lowest BCUT2D eigenvalue weighted by Gasteiger charge is -1.89. The van der Waals surface area contributed by atoms with Gasteiger partial charge in [0.2, 0.25) is 0 Å². The van der Waals surface area contributed by atoms with Crippen LogP contribution in [0, 0.1) is 0 Å². The first-order valence-electron chi connectivity index (χ1n) is 3.28. The molecule has 7 heteroatoms. The normalized spacial score (nSPS) is 9.00. The van der Waals surface area contributed by atoms with Crippen molar-refractivity contribution in [1.29, 1.82) is 0 Å². The predicted octanol–water partition coefficient (Wildman–Crippen LogP) is 2.03. The quantitative estimate of drug-likeness (QED) is 0.630. The summed E-state index contributed by atoms with van der Waals surface area (Å²) < 4.78 is 0. The van der Waals surface area contributed by atoms with Crippen LogP contribution in [-0.2, 0) is 0 Å². The van der Waals surface area contributed by atoms with Crippen molar-refractivity contribution in [3.63, 3.8) is 0 Å². The molecule has 4 nitrogen and oxygen atoms in total. The first-order valence-corrected chi connectivity index (χ1v) is 4.16. The zero-order valence-electron chi connectivity index (χ0n) is 7.06. The van der Waals surface area contributed by atoms with E-state index < -0.39 is 0 Å². The molecule has 0 amide bonds. The molecule has 0 bridgehead atoms. The summed E-state index contributed by atoms with van der Waals surface area (Å²) in [5.41, 5.74) is 5.40. The van der Waals surface area contributed by atoms with Gasteiger partial charge < -0.3 is 11.1 Å². The van der Waals surface area contributed by atoms with E-state index in [-0.39, 0.29) is 24.8 Å². The van der Waals surface area contributed by atoms with Crippen LogP contribution in [0.25, 0.3) is 0 Å². The number of nitrogens with one attached hydrogen (secondary N) is 1. The Balaban J connectivity index is 0. The molecule has 0 saturated carbocycles. The van der Waals surface area contributed by atoms with Gasteiger partial charge in [0.25, 0.3) is 0 Å². The number of nitrogens with two attached hydrogens (primary N) is 1. The van der Waals surface area contributed by atoms with Crippen molar-refractivity contribution in [2.45, 2.75) is 6.92 Å². The molecule has 0 fully saturated rings. The molecule has 1 aromatic rings. The highest BCUT2D eigenvalue weighted by Gasteiger charge is 1.93. The third kappa shape index (κ3) is 5.68. The molecule has 13 heavy (non-hydrogen) atoms. The van der Waals surface area contributed by atoms with Gasteiger partial charge in [-0.2, -0.15) is 0 Å². The van der Waals surface area contributed by atoms with Crippen molar-refractivity contribution in [3.05, 3.63) is 5.38 Å². The van der Waals surface area contributed by atoms with Gasteiger partial charge in [0, 0.05) is 11.9 Å². The third-order valence-electron chi connectivity index (χ3n) is 0.984. The van der Waals surface area contributed by atoms with Gasteiger partial charge >= 0.3 is 0 Å². The maximum absolute atomic E-state index is 5.40. The Kier molecular flexibility index (Phi) is 9.33. The lowest BCUT2D eigenvalue weighted by molar-refractivity contribution is 1.14. The fraction of sp³-hybridized carbons (Fsp3) is 0.333. The molecule has 1 rings (SSSR count). The highest BCUT2D eigenvalue weighted by molar-refractivity contribution is 7.14. The number of aromatic nitrogens is 1. The lowest BCUT2D eigenvalue weighted by Crippen LogP contribution is -1.94. The molecule has 0 aliphatic heterocycles. The number of rotatable bonds is 3. The van der Waals surface area contributed by atoms with E-state index in [9.17, 15) is 0 Å². The molecule has 0 aromatic carbocycles. The number of nitrogens with zero attached hydrogens (tertiary/aromatic N) is 2. The van der Waals surface area contributed by atoms with Crippen LogP contribution >= 0.6 is 36.2 Å². The number of aliphatic imine (C=N–C) groups is 1. The summed E-state index contributed by atoms with van der Waals surface area (Å²) in [6.07, 6.45) is 1.62. The maximum atomic E-state index is 5.40.